The molecule has 0 spiro atoms. The van der Waals surface area contributed by atoms with E-state index in [9.17, 15) is 0 Å². The lowest BCUT2D eigenvalue weighted by Crippen LogP contribution is -2.17. The molecule has 1 saturated heterocycles. The summed E-state index contributed by atoms with van der Waals surface area (Å²) in [7, 11) is 0. The lowest BCUT2D eigenvalue weighted by Gasteiger charge is -2.09. The molecule has 1 unspecified atom stereocenters. The van der Waals surface area contributed by atoms with Gasteiger partial charge >= 0.3 is 0 Å². The molecule has 1 aliphatic rings. The highest BCUT2D eigenvalue weighted by Gasteiger charge is 2.19. The minimum absolute atomic E-state index is 0.228. The van der Waals surface area contributed by atoms with Crippen molar-refractivity contribution in [3.8, 4) is 0 Å². The molecule has 2 heterocycles. The van der Waals surface area contributed by atoms with Gasteiger partial charge in [0, 0.05) is 6.07 Å². The number of hydrogen-bond acceptors (Lipinski definition) is 5. The van der Waals surface area contributed by atoms with Crippen LogP contribution in [0.1, 0.15) is 24.7 Å². The molecular weight excluding hydrogens is 166 g/mol. The Labute approximate surface area is 76.6 Å². The number of rotatable bonds is 1. The van der Waals surface area contributed by atoms with Gasteiger partial charge in [-0.15, -0.1) is 0 Å². The van der Waals surface area contributed by atoms with Crippen LogP contribution in [0.25, 0.3) is 0 Å². The van der Waals surface area contributed by atoms with Crippen LogP contribution in [-0.4, -0.2) is 16.5 Å². The van der Waals surface area contributed by atoms with E-state index in [4.69, 9.17) is 11.5 Å². The second-order valence-electron chi connectivity index (χ2n) is 3.22. The number of nitrogen functional groups attached to an aromatic ring is 2. The Morgan fingerprint density at radius 2 is 2.00 bits per heavy atom. The van der Waals surface area contributed by atoms with Gasteiger partial charge in [-0.05, 0) is 19.4 Å². The molecule has 13 heavy (non-hydrogen) atoms. The fourth-order valence-corrected chi connectivity index (χ4v) is 1.57. The van der Waals surface area contributed by atoms with Crippen molar-refractivity contribution in [1.82, 2.24) is 15.3 Å². The largest absolute Gasteiger partial charge is 0.384 e. The molecule has 1 fully saturated rings. The van der Waals surface area contributed by atoms with Crippen LogP contribution in [0, 0.1) is 0 Å². The van der Waals surface area contributed by atoms with Crippen molar-refractivity contribution in [2.24, 2.45) is 0 Å². The Bertz CT molecular complexity index is 285. The van der Waals surface area contributed by atoms with Crippen LogP contribution >= 0.6 is 0 Å². The van der Waals surface area contributed by atoms with Crippen molar-refractivity contribution in [3.05, 3.63) is 11.9 Å². The van der Waals surface area contributed by atoms with Crippen molar-refractivity contribution >= 4 is 11.6 Å². The van der Waals surface area contributed by atoms with E-state index in [1.54, 1.807) is 6.07 Å². The Morgan fingerprint density at radius 1 is 1.31 bits per heavy atom. The third kappa shape index (κ3) is 1.70. The van der Waals surface area contributed by atoms with Crippen molar-refractivity contribution in [2.75, 3.05) is 18.0 Å². The predicted octanol–water partition coefficient (Wildman–Crippen LogP) is 0.0655. The van der Waals surface area contributed by atoms with Crippen molar-refractivity contribution < 1.29 is 0 Å². The first-order valence-corrected chi connectivity index (χ1v) is 4.39. The summed E-state index contributed by atoms with van der Waals surface area (Å²) in [5, 5.41) is 3.29. The van der Waals surface area contributed by atoms with Crippen LogP contribution in [0.4, 0.5) is 11.6 Å². The summed E-state index contributed by atoms with van der Waals surface area (Å²) in [4.78, 5) is 8.28. The lowest BCUT2D eigenvalue weighted by molar-refractivity contribution is 0.607. The Morgan fingerprint density at radius 3 is 2.54 bits per heavy atom. The minimum Gasteiger partial charge on any atom is -0.384 e. The number of nitrogens with zero attached hydrogens (tertiary/aromatic N) is 2. The van der Waals surface area contributed by atoms with Crippen LogP contribution in [-0.2, 0) is 0 Å². The molecule has 0 saturated carbocycles. The SMILES string of the molecule is Nc1cc(N)nc(C2CCCN2)n1. The average Bonchev–Trinajstić information content (AvgIpc) is 2.53. The van der Waals surface area contributed by atoms with E-state index in [-0.39, 0.29) is 6.04 Å². The zero-order valence-electron chi connectivity index (χ0n) is 7.33. The summed E-state index contributed by atoms with van der Waals surface area (Å²) in [5.41, 5.74) is 11.1. The molecule has 1 aromatic rings. The first-order chi connectivity index (χ1) is 6.25. The molecule has 0 aliphatic carbocycles. The van der Waals surface area contributed by atoms with Gasteiger partial charge < -0.3 is 16.8 Å². The third-order valence-electron chi connectivity index (χ3n) is 2.16. The maximum absolute atomic E-state index is 5.57. The molecule has 70 valence electrons. The Hall–Kier alpha value is -1.36. The standard InChI is InChI=1S/C8H13N5/c9-6-4-7(10)13-8(12-6)5-2-1-3-11-5/h4-5,11H,1-3H2,(H4,9,10,12,13). The van der Waals surface area contributed by atoms with Gasteiger partial charge in [-0.1, -0.05) is 0 Å². The van der Waals surface area contributed by atoms with Gasteiger partial charge in [0.2, 0.25) is 0 Å². The van der Waals surface area contributed by atoms with Gasteiger partial charge in [0.1, 0.15) is 17.5 Å². The van der Waals surface area contributed by atoms with Gasteiger partial charge in [-0.2, -0.15) is 0 Å². The summed E-state index contributed by atoms with van der Waals surface area (Å²) < 4.78 is 0. The average molecular weight is 179 g/mol. The van der Waals surface area contributed by atoms with Gasteiger partial charge in [-0.25, -0.2) is 9.97 Å². The van der Waals surface area contributed by atoms with Crippen LogP contribution < -0.4 is 16.8 Å². The summed E-state index contributed by atoms with van der Waals surface area (Å²) >= 11 is 0. The van der Waals surface area contributed by atoms with Gasteiger partial charge in [0.15, 0.2) is 0 Å². The smallest absolute Gasteiger partial charge is 0.150 e. The van der Waals surface area contributed by atoms with Crippen LogP contribution in [0.3, 0.4) is 0 Å². The molecule has 0 amide bonds. The molecule has 0 radical (unpaired) electrons. The topological polar surface area (TPSA) is 89.9 Å². The fourth-order valence-electron chi connectivity index (χ4n) is 1.57. The molecule has 1 aromatic heterocycles. The molecule has 5 N–H and O–H groups in total. The van der Waals surface area contributed by atoms with E-state index in [2.05, 4.69) is 15.3 Å². The van der Waals surface area contributed by atoms with Crippen molar-refractivity contribution in [1.29, 1.82) is 0 Å². The highest BCUT2D eigenvalue weighted by atomic mass is 15.1. The molecule has 1 atom stereocenters. The van der Waals surface area contributed by atoms with Gasteiger partial charge in [0.05, 0.1) is 6.04 Å². The summed E-state index contributed by atoms with van der Waals surface area (Å²) in [6.45, 7) is 1.02. The maximum atomic E-state index is 5.57. The highest BCUT2D eigenvalue weighted by molar-refractivity contribution is 5.41. The molecule has 1 aliphatic heterocycles. The minimum atomic E-state index is 0.228. The van der Waals surface area contributed by atoms with E-state index in [1.165, 1.54) is 0 Å². The third-order valence-corrected chi connectivity index (χ3v) is 2.16. The van der Waals surface area contributed by atoms with E-state index < -0.39 is 0 Å². The summed E-state index contributed by atoms with van der Waals surface area (Å²) in [5.74, 6) is 1.60. The first-order valence-electron chi connectivity index (χ1n) is 4.39. The molecule has 5 nitrogen and oxygen atoms in total. The zero-order valence-corrected chi connectivity index (χ0v) is 7.33. The molecule has 0 aromatic carbocycles. The van der Waals surface area contributed by atoms with E-state index in [0.29, 0.717) is 11.6 Å². The summed E-state index contributed by atoms with van der Waals surface area (Å²) in [6.07, 6.45) is 2.21. The van der Waals surface area contributed by atoms with Crippen LogP contribution in [0.15, 0.2) is 6.07 Å². The van der Waals surface area contributed by atoms with Crippen molar-refractivity contribution in [2.45, 2.75) is 18.9 Å². The zero-order chi connectivity index (χ0) is 9.26. The molecular formula is C8H13N5. The Balaban J connectivity index is 2.28. The van der Waals surface area contributed by atoms with Crippen LogP contribution in [0.2, 0.25) is 0 Å². The molecule has 5 heteroatoms. The molecule has 0 bridgehead atoms. The predicted molar refractivity (Wildman–Crippen MR) is 50.8 cm³/mol. The normalized spacial score (nSPS) is 22.0. The van der Waals surface area contributed by atoms with E-state index in [1.807, 2.05) is 0 Å². The number of anilines is 2. The highest BCUT2D eigenvalue weighted by Crippen LogP contribution is 2.21. The van der Waals surface area contributed by atoms with Crippen molar-refractivity contribution in [3.63, 3.8) is 0 Å². The second-order valence-corrected chi connectivity index (χ2v) is 3.22. The van der Waals surface area contributed by atoms with E-state index in [0.717, 1.165) is 25.2 Å². The number of aromatic nitrogens is 2. The first kappa shape index (κ1) is 8.25. The number of hydrogen-bond donors (Lipinski definition) is 3. The second kappa shape index (κ2) is 3.18. The number of nitrogens with two attached hydrogens (primary N) is 2. The molecule has 2 rings (SSSR count). The Kier molecular flexibility index (Phi) is 2.02. The fraction of sp³-hybridized carbons (Fsp3) is 0.500. The summed E-state index contributed by atoms with van der Waals surface area (Å²) in [6, 6.07) is 1.80. The van der Waals surface area contributed by atoms with Gasteiger partial charge in [0.25, 0.3) is 0 Å². The lowest BCUT2D eigenvalue weighted by atomic mass is 10.2. The number of nitrogens with one attached hydrogen (secondary N) is 1. The van der Waals surface area contributed by atoms with E-state index >= 15 is 0 Å². The van der Waals surface area contributed by atoms with Crippen LogP contribution in [0.5, 0.6) is 0 Å². The quantitative estimate of drug-likeness (QED) is 0.567. The monoisotopic (exact) mass is 179 g/mol. The maximum Gasteiger partial charge on any atom is 0.150 e. The van der Waals surface area contributed by atoms with Gasteiger partial charge in [-0.3, -0.25) is 0 Å².